The highest BCUT2D eigenvalue weighted by atomic mass is 79.9. The third kappa shape index (κ3) is 3.36. The van der Waals surface area contributed by atoms with Crippen molar-refractivity contribution in [2.45, 2.75) is 16.9 Å². The van der Waals surface area contributed by atoms with Crippen LogP contribution >= 0.6 is 27.7 Å². The maximum absolute atomic E-state index is 12.4. The van der Waals surface area contributed by atoms with Crippen LogP contribution in [0.25, 0.3) is 22.6 Å². The van der Waals surface area contributed by atoms with Crippen LogP contribution in [0.5, 0.6) is 0 Å². The van der Waals surface area contributed by atoms with Crippen molar-refractivity contribution in [2.24, 2.45) is 14.1 Å². The Bertz CT molecular complexity index is 1350. The first-order chi connectivity index (χ1) is 13.9. The van der Waals surface area contributed by atoms with Crippen LogP contribution in [0, 0.1) is 0 Å². The number of nitrogens with one attached hydrogen (secondary N) is 1. The number of aryl methyl sites for hydroxylation is 1. The zero-order chi connectivity index (χ0) is 20.7. The smallest absolute Gasteiger partial charge is 0.327 e. The van der Waals surface area contributed by atoms with Gasteiger partial charge in [-0.2, -0.15) is 0 Å². The molecule has 9 nitrogen and oxygen atoms in total. The van der Waals surface area contributed by atoms with Gasteiger partial charge in [-0.1, -0.05) is 34.1 Å². The first-order valence-corrected chi connectivity index (χ1v) is 10.1. The molecule has 1 N–H and O–H groups in total. The Morgan fingerprint density at radius 1 is 1.17 bits per heavy atom. The highest BCUT2D eigenvalue weighted by Gasteiger charge is 2.18. The molecule has 0 bridgehead atoms. The molecule has 0 aliphatic rings. The number of hydrogen-bond acceptors (Lipinski definition) is 6. The van der Waals surface area contributed by atoms with Gasteiger partial charge in [0.05, 0.1) is 0 Å². The van der Waals surface area contributed by atoms with Gasteiger partial charge in [0.15, 0.2) is 27.3 Å². The van der Waals surface area contributed by atoms with Gasteiger partial charge in [-0.3, -0.25) is 18.5 Å². The third-order valence-corrected chi connectivity index (χ3v) is 5.79. The summed E-state index contributed by atoms with van der Waals surface area (Å²) in [5, 5.41) is 9.63. The first-order valence-electron chi connectivity index (χ1n) is 8.54. The van der Waals surface area contributed by atoms with Crippen molar-refractivity contribution < 1.29 is 0 Å². The molecule has 0 radical (unpaired) electrons. The molecule has 29 heavy (non-hydrogen) atoms. The Labute approximate surface area is 177 Å². The summed E-state index contributed by atoms with van der Waals surface area (Å²) in [4.78, 5) is 31.9. The molecule has 0 unspecified atom stereocenters. The van der Waals surface area contributed by atoms with E-state index in [4.69, 9.17) is 0 Å². The molecular formula is C18H16BrN7O2S. The van der Waals surface area contributed by atoms with E-state index in [1.807, 2.05) is 28.8 Å². The van der Waals surface area contributed by atoms with Crippen LogP contribution in [0.3, 0.4) is 0 Å². The predicted octanol–water partition coefficient (Wildman–Crippen LogP) is 2.32. The average molecular weight is 474 g/mol. The second-order valence-electron chi connectivity index (χ2n) is 6.26. The van der Waals surface area contributed by atoms with Gasteiger partial charge in [0.1, 0.15) is 0 Å². The Morgan fingerprint density at radius 2 is 1.90 bits per heavy atom. The molecule has 0 spiro atoms. The van der Waals surface area contributed by atoms with Crippen LogP contribution in [0.15, 0.2) is 61.3 Å². The van der Waals surface area contributed by atoms with E-state index >= 15 is 0 Å². The Balaban J connectivity index is 1.79. The van der Waals surface area contributed by atoms with Crippen LogP contribution < -0.4 is 11.2 Å². The van der Waals surface area contributed by atoms with E-state index in [1.54, 1.807) is 13.1 Å². The van der Waals surface area contributed by atoms with Gasteiger partial charge in [0.2, 0.25) is 0 Å². The van der Waals surface area contributed by atoms with E-state index in [9.17, 15) is 9.59 Å². The van der Waals surface area contributed by atoms with Gasteiger partial charge >= 0.3 is 5.69 Å². The molecule has 4 rings (SSSR count). The Kier molecular flexibility index (Phi) is 5.01. The molecule has 3 heterocycles. The van der Waals surface area contributed by atoms with E-state index in [0.29, 0.717) is 28.3 Å². The number of allylic oxidation sites excluding steroid dienone is 1. The number of imidazole rings is 1. The summed E-state index contributed by atoms with van der Waals surface area (Å²) >= 11 is 4.66. The quantitative estimate of drug-likeness (QED) is 0.446. The van der Waals surface area contributed by atoms with Crippen LogP contribution in [-0.4, -0.2) is 33.9 Å². The molecule has 0 atom stereocenters. The minimum absolute atomic E-state index is 0.264. The normalized spacial score (nSPS) is 11.3. The monoisotopic (exact) mass is 473 g/mol. The number of nitrogens with zero attached hydrogens (tertiary/aromatic N) is 6. The molecular weight excluding hydrogens is 458 g/mol. The maximum atomic E-state index is 12.4. The number of rotatable bonds is 5. The molecule has 0 saturated heterocycles. The van der Waals surface area contributed by atoms with E-state index < -0.39 is 11.2 Å². The Morgan fingerprint density at radius 3 is 2.59 bits per heavy atom. The van der Waals surface area contributed by atoms with Crippen molar-refractivity contribution >= 4 is 38.9 Å². The lowest BCUT2D eigenvalue weighted by molar-refractivity contribution is 0.708. The van der Waals surface area contributed by atoms with Crippen LogP contribution in [-0.2, 0) is 20.6 Å². The standard InChI is InChI=1S/C18H16BrN7O2S/c1-4-9-26-13(10-5-7-11(19)8-6-10)22-23-17(26)29-16-20-12-14(21-16)24(2)18(28)25(3)15(12)27/h4-8H,1,9H2,2-3H3,(H,20,21). The zero-order valence-corrected chi connectivity index (χ0v) is 18.0. The predicted molar refractivity (Wildman–Crippen MR) is 114 cm³/mol. The van der Waals surface area contributed by atoms with Crippen molar-refractivity contribution in [2.75, 3.05) is 0 Å². The fraction of sp³-hybridized carbons (Fsp3) is 0.167. The summed E-state index contributed by atoms with van der Waals surface area (Å²) in [6.45, 7) is 4.31. The molecule has 0 aliphatic carbocycles. The average Bonchev–Trinajstić information content (AvgIpc) is 3.31. The molecule has 0 amide bonds. The van der Waals surface area contributed by atoms with E-state index in [2.05, 4.69) is 42.7 Å². The largest absolute Gasteiger partial charge is 0.332 e. The molecule has 0 saturated carbocycles. The lowest BCUT2D eigenvalue weighted by atomic mass is 10.2. The summed E-state index contributed by atoms with van der Waals surface area (Å²) in [7, 11) is 3.01. The van der Waals surface area contributed by atoms with Gasteiger partial charge in [-0.05, 0) is 23.9 Å². The van der Waals surface area contributed by atoms with Gasteiger partial charge in [0.25, 0.3) is 5.56 Å². The number of hydrogen-bond donors (Lipinski definition) is 1. The number of halogens is 1. The minimum atomic E-state index is -0.433. The molecule has 11 heteroatoms. The van der Waals surface area contributed by atoms with Crippen LogP contribution in [0.4, 0.5) is 0 Å². The molecule has 0 fully saturated rings. The van der Waals surface area contributed by atoms with E-state index in [1.165, 1.54) is 23.4 Å². The van der Waals surface area contributed by atoms with Gasteiger partial charge in [-0.25, -0.2) is 9.78 Å². The number of benzene rings is 1. The second-order valence-corrected chi connectivity index (χ2v) is 8.13. The maximum Gasteiger partial charge on any atom is 0.332 e. The number of H-pyrrole nitrogens is 1. The molecule has 0 aliphatic heterocycles. The lowest BCUT2D eigenvalue weighted by Crippen LogP contribution is -2.36. The summed E-state index contributed by atoms with van der Waals surface area (Å²) in [5.41, 5.74) is 0.613. The van der Waals surface area contributed by atoms with Gasteiger partial charge in [-0.15, -0.1) is 16.8 Å². The topological polar surface area (TPSA) is 103 Å². The summed E-state index contributed by atoms with van der Waals surface area (Å²) < 4.78 is 5.26. The third-order valence-electron chi connectivity index (χ3n) is 4.39. The lowest BCUT2D eigenvalue weighted by Gasteiger charge is -2.06. The molecule has 1 aromatic carbocycles. The van der Waals surface area contributed by atoms with Crippen molar-refractivity contribution in [1.82, 2.24) is 33.9 Å². The minimum Gasteiger partial charge on any atom is -0.327 e. The number of fused-ring (bicyclic) bond motifs is 1. The van der Waals surface area contributed by atoms with Crippen LogP contribution in [0.1, 0.15) is 0 Å². The molecule has 3 aromatic heterocycles. The number of aromatic amines is 1. The van der Waals surface area contributed by atoms with E-state index in [-0.39, 0.29) is 5.52 Å². The zero-order valence-electron chi connectivity index (χ0n) is 15.6. The summed E-state index contributed by atoms with van der Waals surface area (Å²) in [6.07, 6.45) is 1.76. The van der Waals surface area contributed by atoms with Crippen molar-refractivity contribution in [1.29, 1.82) is 0 Å². The van der Waals surface area contributed by atoms with E-state index in [0.717, 1.165) is 14.6 Å². The van der Waals surface area contributed by atoms with Crippen LogP contribution in [0.2, 0.25) is 0 Å². The SMILES string of the molecule is C=CCn1c(Sc2nc3c([nH]2)c(=O)n(C)c(=O)n3C)nnc1-c1ccc(Br)cc1. The second kappa shape index (κ2) is 7.48. The summed E-state index contributed by atoms with van der Waals surface area (Å²) in [5.74, 6) is 0.694. The van der Waals surface area contributed by atoms with Crippen molar-refractivity contribution in [3.8, 4) is 11.4 Å². The highest BCUT2D eigenvalue weighted by Crippen LogP contribution is 2.29. The Hall–Kier alpha value is -2.92. The highest BCUT2D eigenvalue weighted by molar-refractivity contribution is 9.10. The van der Waals surface area contributed by atoms with Crippen molar-refractivity contribution in [3.63, 3.8) is 0 Å². The molecule has 148 valence electrons. The fourth-order valence-electron chi connectivity index (χ4n) is 2.91. The van der Waals surface area contributed by atoms with Crippen molar-refractivity contribution in [3.05, 3.63) is 62.2 Å². The fourth-order valence-corrected chi connectivity index (χ4v) is 3.99. The first kappa shape index (κ1) is 19.4. The van der Waals surface area contributed by atoms with Gasteiger partial charge in [0, 0.05) is 30.7 Å². The molecule has 4 aromatic rings. The number of aromatic nitrogens is 7. The summed E-state index contributed by atoms with van der Waals surface area (Å²) in [6, 6.07) is 7.76. The van der Waals surface area contributed by atoms with Gasteiger partial charge < -0.3 is 4.98 Å².